The van der Waals surface area contributed by atoms with Crippen LogP contribution in [0.15, 0.2) is 64.2 Å². The number of anilines is 1. The Hall–Kier alpha value is -4.16. The van der Waals surface area contributed by atoms with Crippen molar-refractivity contribution in [2.45, 2.75) is 19.0 Å². The summed E-state index contributed by atoms with van der Waals surface area (Å²) in [7, 11) is 3.15. The molecular formula is C26H27N7O2. The third-order valence-electron chi connectivity index (χ3n) is 6.61. The summed E-state index contributed by atoms with van der Waals surface area (Å²) in [6, 6.07) is 19.9. The largest absolute Gasteiger partial charge is 0.339 e. The fourth-order valence-corrected chi connectivity index (χ4v) is 4.74. The van der Waals surface area contributed by atoms with Crippen LogP contribution >= 0.6 is 0 Å². The lowest BCUT2D eigenvalue weighted by molar-refractivity contribution is 0.447. The summed E-state index contributed by atoms with van der Waals surface area (Å²) in [5.74, 6) is 0.688. The number of piperazine rings is 1. The van der Waals surface area contributed by atoms with Crippen molar-refractivity contribution in [3.05, 3.63) is 92.1 Å². The molecule has 1 N–H and O–H groups in total. The number of hydrogen-bond acceptors (Lipinski definition) is 6. The van der Waals surface area contributed by atoms with Crippen LogP contribution in [0.5, 0.6) is 0 Å². The minimum Gasteiger partial charge on any atom is -0.339 e. The van der Waals surface area contributed by atoms with E-state index in [9.17, 15) is 9.59 Å². The Morgan fingerprint density at radius 3 is 2.49 bits per heavy atom. The molecule has 5 rings (SSSR count). The van der Waals surface area contributed by atoms with Gasteiger partial charge in [0.15, 0.2) is 11.2 Å². The first kappa shape index (κ1) is 22.6. The smallest absolute Gasteiger partial charge is 0.332 e. The van der Waals surface area contributed by atoms with E-state index < -0.39 is 5.69 Å². The van der Waals surface area contributed by atoms with Gasteiger partial charge in [0.25, 0.3) is 5.56 Å². The molecule has 178 valence electrons. The van der Waals surface area contributed by atoms with Gasteiger partial charge in [0.2, 0.25) is 5.95 Å². The summed E-state index contributed by atoms with van der Waals surface area (Å²) in [4.78, 5) is 32.8. The Bertz CT molecular complexity index is 1530. The van der Waals surface area contributed by atoms with Gasteiger partial charge in [-0.25, -0.2) is 4.79 Å². The maximum Gasteiger partial charge on any atom is 0.332 e. The average Bonchev–Trinajstić information content (AvgIpc) is 3.26. The van der Waals surface area contributed by atoms with Crippen molar-refractivity contribution >= 4 is 17.1 Å². The molecular weight excluding hydrogens is 442 g/mol. The van der Waals surface area contributed by atoms with Crippen molar-refractivity contribution in [3.63, 3.8) is 0 Å². The molecule has 4 aromatic rings. The van der Waals surface area contributed by atoms with Crippen LogP contribution in [0.3, 0.4) is 0 Å². The molecule has 35 heavy (non-hydrogen) atoms. The molecule has 1 fully saturated rings. The number of aromatic nitrogens is 4. The number of fused-ring (bicyclic) bond motifs is 1. The summed E-state index contributed by atoms with van der Waals surface area (Å²) in [6.07, 6.45) is 0.807. The molecule has 9 heteroatoms. The highest BCUT2D eigenvalue weighted by Crippen LogP contribution is 2.23. The SMILES string of the molecule is Cn1c(=O)c2c(nc(N3CCNC(Cc4ccc(C#N)cc4)C3)n2Cc2ccccc2)n(C)c1=O. The zero-order chi connectivity index (χ0) is 24.5. The van der Waals surface area contributed by atoms with Gasteiger partial charge < -0.3 is 10.2 Å². The summed E-state index contributed by atoms with van der Waals surface area (Å²) < 4.78 is 4.52. The van der Waals surface area contributed by atoms with Gasteiger partial charge in [0.1, 0.15) is 0 Å². The molecule has 3 heterocycles. The quantitative estimate of drug-likeness (QED) is 0.474. The van der Waals surface area contributed by atoms with Crippen LogP contribution < -0.4 is 21.5 Å². The fraction of sp³-hybridized carbons (Fsp3) is 0.308. The minimum absolute atomic E-state index is 0.174. The predicted molar refractivity (Wildman–Crippen MR) is 135 cm³/mol. The van der Waals surface area contributed by atoms with Gasteiger partial charge in [-0.1, -0.05) is 42.5 Å². The third kappa shape index (κ3) is 4.24. The van der Waals surface area contributed by atoms with E-state index in [1.807, 2.05) is 59.2 Å². The molecule has 2 aromatic heterocycles. The Balaban J connectivity index is 1.54. The lowest BCUT2D eigenvalue weighted by Crippen LogP contribution is -2.52. The second kappa shape index (κ2) is 9.24. The second-order valence-corrected chi connectivity index (χ2v) is 8.97. The maximum atomic E-state index is 13.2. The molecule has 1 saturated heterocycles. The van der Waals surface area contributed by atoms with Crippen LogP contribution in [0.2, 0.25) is 0 Å². The van der Waals surface area contributed by atoms with Crippen molar-refractivity contribution in [3.8, 4) is 6.07 Å². The lowest BCUT2D eigenvalue weighted by atomic mass is 10.0. The minimum atomic E-state index is -0.391. The van der Waals surface area contributed by atoms with Crippen LogP contribution in [-0.2, 0) is 27.1 Å². The first-order valence-corrected chi connectivity index (χ1v) is 11.6. The highest BCUT2D eigenvalue weighted by atomic mass is 16.2. The molecule has 0 bridgehead atoms. The van der Waals surface area contributed by atoms with Gasteiger partial charge in [-0.15, -0.1) is 0 Å². The molecule has 1 unspecified atom stereocenters. The number of nitrogens with zero attached hydrogens (tertiary/aromatic N) is 6. The zero-order valence-electron chi connectivity index (χ0n) is 19.8. The third-order valence-corrected chi connectivity index (χ3v) is 6.61. The van der Waals surface area contributed by atoms with Crippen molar-refractivity contribution in [2.75, 3.05) is 24.5 Å². The number of benzene rings is 2. The van der Waals surface area contributed by atoms with Gasteiger partial charge in [-0.2, -0.15) is 10.2 Å². The number of rotatable bonds is 5. The average molecular weight is 470 g/mol. The lowest BCUT2D eigenvalue weighted by Gasteiger charge is -2.34. The summed E-state index contributed by atoms with van der Waals surface area (Å²) >= 11 is 0. The predicted octanol–water partition coefficient (Wildman–Crippen LogP) is 1.37. The first-order chi connectivity index (χ1) is 17.0. The second-order valence-electron chi connectivity index (χ2n) is 8.97. The zero-order valence-corrected chi connectivity index (χ0v) is 19.8. The topological polar surface area (TPSA) is 101 Å². The van der Waals surface area contributed by atoms with Crippen molar-refractivity contribution < 1.29 is 0 Å². The standard InChI is InChI=1S/C26H27N7O2/c1-30-23-22(24(34)31(2)26(30)35)33(16-20-6-4-3-5-7-20)25(29-23)32-13-12-28-21(17-32)14-18-8-10-19(15-27)11-9-18/h3-11,21,28H,12-14,16-17H2,1-2H3. The number of hydrogen-bond donors (Lipinski definition) is 1. The van der Waals surface area contributed by atoms with E-state index in [2.05, 4.69) is 16.3 Å². The molecule has 0 spiro atoms. The van der Waals surface area contributed by atoms with Gasteiger partial charge in [0, 0.05) is 39.8 Å². The Morgan fingerprint density at radius 2 is 1.77 bits per heavy atom. The molecule has 0 saturated carbocycles. The van der Waals surface area contributed by atoms with E-state index >= 15 is 0 Å². The molecule has 9 nitrogen and oxygen atoms in total. The molecule has 2 aromatic carbocycles. The maximum absolute atomic E-state index is 13.2. The van der Waals surface area contributed by atoms with Crippen LogP contribution in [-0.4, -0.2) is 44.4 Å². The molecule has 0 radical (unpaired) electrons. The van der Waals surface area contributed by atoms with Crippen molar-refractivity contribution in [1.29, 1.82) is 5.26 Å². The van der Waals surface area contributed by atoms with E-state index in [0.29, 0.717) is 35.8 Å². The van der Waals surface area contributed by atoms with Gasteiger partial charge in [-0.05, 0) is 29.7 Å². The summed E-state index contributed by atoms with van der Waals surface area (Å²) in [5, 5.41) is 12.6. The van der Waals surface area contributed by atoms with Crippen LogP contribution in [0.1, 0.15) is 16.7 Å². The monoisotopic (exact) mass is 469 g/mol. The number of nitrogens with one attached hydrogen (secondary N) is 1. The molecule has 1 aliphatic heterocycles. The van der Waals surface area contributed by atoms with Gasteiger partial charge in [0.05, 0.1) is 18.2 Å². The van der Waals surface area contributed by atoms with Crippen molar-refractivity contribution in [2.24, 2.45) is 14.1 Å². The van der Waals surface area contributed by atoms with E-state index in [1.165, 1.54) is 11.6 Å². The van der Waals surface area contributed by atoms with E-state index in [1.54, 1.807) is 7.05 Å². The normalized spacial score (nSPS) is 15.9. The summed E-state index contributed by atoms with van der Waals surface area (Å²) in [6.45, 7) is 2.68. The van der Waals surface area contributed by atoms with E-state index in [-0.39, 0.29) is 11.6 Å². The number of nitriles is 1. The molecule has 1 atom stereocenters. The fourth-order valence-electron chi connectivity index (χ4n) is 4.74. The van der Waals surface area contributed by atoms with E-state index in [4.69, 9.17) is 10.2 Å². The Labute approximate surface area is 202 Å². The highest BCUT2D eigenvalue weighted by Gasteiger charge is 2.27. The van der Waals surface area contributed by atoms with Gasteiger partial charge >= 0.3 is 5.69 Å². The number of aryl methyl sites for hydroxylation is 1. The molecule has 0 amide bonds. The highest BCUT2D eigenvalue weighted by molar-refractivity contribution is 5.75. The molecule has 1 aliphatic rings. The van der Waals surface area contributed by atoms with Crippen LogP contribution in [0.4, 0.5) is 5.95 Å². The summed E-state index contributed by atoms with van der Waals surface area (Å²) in [5.41, 5.74) is 2.93. The Morgan fingerprint density at radius 1 is 1.03 bits per heavy atom. The first-order valence-electron chi connectivity index (χ1n) is 11.6. The van der Waals surface area contributed by atoms with Crippen LogP contribution in [0.25, 0.3) is 11.2 Å². The van der Waals surface area contributed by atoms with Crippen molar-refractivity contribution in [1.82, 2.24) is 24.0 Å². The van der Waals surface area contributed by atoms with Gasteiger partial charge in [-0.3, -0.25) is 18.5 Å². The van der Waals surface area contributed by atoms with E-state index in [0.717, 1.165) is 35.2 Å². The molecule has 0 aliphatic carbocycles. The van der Waals surface area contributed by atoms with Crippen LogP contribution in [0, 0.1) is 11.3 Å². The Kier molecular flexibility index (Phi) is 5.97. The number of imidazole rings is 1.